The van der Waals surface area contributed by atoms with Crippen LogP contribution < -0.4 is 10.5 Å². The third-order valence-electron chi connectivity index (χ3n) is 6.72. The lowest BCUT2D eigenvalue weighted by Gasteiger charge is -2.38. The highest BCUT2D eigenvalue weighted by molar-refractivity contribution is 5.82. The number of carbonyl (C=O) groups is 1. The Morgan fingerprint density at radius 2 is 1.96 bits per heavy atom. The highest BCUT2D eigenvalue weighted by Gasteiger charge is 2.34. The van der Waals surface area contributed by atoms with Crippen molar-refractivity contribution < 1.29 is 14.6 Å². The van der Waals surface area contributed by atoms with Crippen LogP contribution in [0, 0.1) is 18.8 Å². The number of nitrogens with zero attached hydrogens (tertiary/aromatic N) is 1. The summed E-state index contributed by atoms with van der Waals surface area (Å²) in [6, 6.07) is 5.67. The van der Waals surface area contributed by atoms with Crippen molar-refractivity contribution in [2.24, 2.45) is 17.6 Å². The van der Waals surface area contributed by atoms with Gasteiger partial charge in [0.15, 0.2) is 0 Å². The lowest BCUT2D eigenvalue weighted by atomic mass is 9.78. The van der Waals surface area contributed by atoms with Crippen LogP contribution in [-0.2, 0) is 4.79 Å². The number of aliphatic hydroxyl groups excluding tert-OH is 1. The van der Waals surface area contributed by atoms with E-state index in [2.05, 4.69) is 6.58 Å². The summed E-state index contributed by atoms with van der Waals surface area (Å²) in [7, 11) is 1.91. The van der Waals surface area contributed by atoms with Gasteiger partial charge in [0.1, 0.15) is 11.5 Å². The third-order valence-corrected chi connectivity index (χ3v) is 6.72. The van der Waals surface area contributed by atoms with Gasteiger partial charge < -0.3 is 20.5 Å². The number of aliphatic hydroxyl groups is 1. The molecule has 0 aromatic heterocycles. The van der Waals surface area contributed by atoms with Crippen LogP contribution in [0.2, 0.25) is 0 Å². The first-order valence-electron chi connectivity index (χ1n) is 10.5. The van der Waals surface area contributed by atoms with Crippen molar-refractivity contribution in [1.82, 2.24) is 4.90 Å². The zero-order chi connectivity index (χ0) is 20.3. The summed E-state index contributed by atoms with van der Waals surface area (Å²) in [6.45, 7) is 6.20. The van der Waals surface area contributed by atoms with E-state index in [1.54, 1.807) is 0 Å². The summed E-state index contributed by atoms with van der Waals surface area (Å²) in [5, 5.41) is 9.67. The molecule has 0 spiro atoms. The monoisotopic (exact) mass is 386 g/mol. The van der Waals surface area contributed by atoms with Crippen LogP contribution in [0.3, 0.4) is 0 Å². The zero-order valence-electron chi connectivity index (χ0n) is 17.2. The molecule has 1 aromatic carbocycles. The van der Waals surface area contributed by atoms with Crippen LogP contribution in [0.1, 0.15) is 56.1 Å². The van der Waals surface area contributed by atoms with Crippen LogP contribution in [0.25, 0.3) is 5.76 Å². The van der Waals surface area contributed by atoms with E-state index in [0.29, 0.717) is 18.6 Å². The maximum absolute atomic E-state index is 12.6. The van der Waals surface area contributed by atoms with Gasteiger partial charge in [-0.25, -0.2) is 0 Å². The third kappa shape index (κ3) is 4.52. The highest BCUT2D eigenvalue weighted by Crippen LogP contribution is 2.33. The van der Waals surface area contributed by atoms with Crippen molar-refractivity contribution in [2.75, 3.05) is 13.7 Å². The van der Waals surface area contributed by atoms with Crippen molar-refractivity contribution in [3.63, 3.8) is 0 Å². The molecule has 0 radical (unpaired) electrons. The smallest absolute Gasteiger partial charge is 0.239 e. The topological polar surface area (TPSA) is 75.8 Å². The van der Waals surface area contributed by atoms with E-state index in [4.69, 9.17) is 10.5 Å². The fraction of sp³-hybridized carbons (Fsp3) is 0.609. The Hall–Kier alpha value is -2.01. The molecule has 154 valence electrons. The molecule has 3 rings (SSSR count). The van der Waals surface area contributed by atoms with E-state index in [1.807, 2.05) is 37.1 Å². The maximum atomic E-state index is 12.6. The first-order valence-corrected chi connectivity index (χ1v) is 10.5. The SMILES string of the molecule is C=C(O)c1cccc(OCC2CCC([C@H](N)C(=O)N(C)C3CCC3)CC2)c1C. The molecule has 0 heterocycles. The van der Waals surface area contributed by atoms with Gasteiger partial charge in [-0.1, -0.05) is 18.7 Å². The van der Waals surface area contributed by atoms with E-state index < -0.39 is 0 Å². The summed E-state index contributed by atoms with van der Waals surface area (Å²) >= 11 is 0. The molecule has 3 N–H and O–H groups in total. The summed E-state index contributed by atoms with van der Waals surface area (Å²) < 4.78 is 6.04. The molecule has 5 nitrogen and oxygen atoms in total. The Bertz CT molecular complexity index is 706. The fourth-order valence-electron chi connectivity index (χ4n) is 4.40. The summed E-state index contributed by atoms with van der Waals surface area (Å²) in [4.78, 5) is 14.5. The number of carbonyl (C=O) groups excluding carboxylic acids is 1. The van der Waals surface area contributed by atoms with Crippen molar-refractivity contribution in [2.45, 2.75) is 64.0 Å². The van der Waals surface area contributed by atoms with E-state index in [1.165, 1.54) is 6.42 Å². The number of ether oxygens (including phenoxy) is 1. The van der Waals surface area contributed by atoms with Crippen LogP contribution in [0.15, 0.2) is 24.8 Å². The molecule has 1 atom stereocenters. The molecule has 2 fully saturated rings. The second kappa shape index (κ2) is 8.99. The predicted octanol–water partition coefficient (Wildman–Crippen LogP) is 4.05. The predicted molar refractivity (Wildman–Crippen MR) is 112 cm³/mol. The minimum atomic E-state index is -0.373. The fourth-order valence-corrected chi connectivity index (χ4v) is 4.40. The molecule has 5 heteroatoms. The molecule has 2 aliphatic rings. The highest BCUT2D eigenvalue weighted by atomic mass is 16.5. The van der Waals surface area contributed by atoms with Crippen molar-refractivity contribution >= 4 is 11.7 Å². The molecule has 0 unspecified atom stereocenters. The molecule has 2 saturated carbocycles. The summed E-state index contributed by atoms with van der Waals surface area (Å²) in [5.74, 6) is 1.72. The quantitative estimate of drug-likeness (QED) is 0.693. The Balaban J connectivity index is 1.47. The van der Waals surface area contributed by atoms with E-state index in [-0.39, 0.29) is 23.6 Å². The van der Waals surface area contributed by atoms with Gasteiger partial charge in [-0.3, -0.25) is 4.79 Å². The molecule has 1 amide bonds. The molecule has 0 saturated heterocycles. The van der Waals surface area contributed by atoms with Gasteiger partial charge in [0.25, 0.3) is 0 Å². The first kappa shape index (κ1) is 20.7. The Kier molecular flexibility index (Phi) is 6.65. The van der Waals surface area contributed by atoms with Gasteiger partial charge in [-0.05, 0) is 69.8 Å². The summed E-state index contributed by atoms with van der Waals surface area (Å²) in [6.07, 6.45) is 7.47. The number of benzene rings is 1. The average Bonchev–Trinajstić information content (AvgIpc) is 2.64. The van der Waals surface area contributed by atoms with Gasteiger partial charge in [0.05, 0.1) is 12.6 Å². The first-order chi connectivity index (χ1) is 13.4. The molecule has 2 aliphatic carbocycles. The van der Waals surface area contributed by atoms with Crippen molar-refractivity contribution in [3.05, 3.63) is 35.9 Å². The second-order valence-electron chi connectivity index (χ2n) is 8.53. The van der Waals surface area contributed by atoms with Crippen LogP contribution in [0.5, 0.6) is 5.75 Å². The van der Waals surface area contributed by atoms with Crippen LogP contribution in [0.4, 0.5) is 0 Å². The number of hydrogen-bond acceptors (Lipinski definition) is 4. The number of hydrogen-bond donors (Lipinski definition) is 2. The normalized spacial score (nSPS) is 23.5. The Morgan fingerprint density at radius 1 is 1.29 bits per heavy atom. The number of nitrogens with two attached hydrogens (primary N) is 1. The lowest BCUT2D eigenvalue weighted by Crippen LogP contribution is -2.52. The van der Waals surface area contributed by atoms with Gasteiger partial charge >= 0.3 is 0 Å². The number of likely N-dealkylation sites (N-methyl/N-ethyl adjacent to an activating group) is 1. The van der Waals surface area contributed by atoms with Crippen molar-refractivity contribution in [3.8, 4) is 5.75 Å². The minimum Gasteiger partial charge on any atom is -0.508 e. The molecule has 0 bridgehead atoms. The molecule has 28 heavy (non-hydrogen) atoms. The Labute approximate surface area is 168 Å². The number of amides is 1. The van der Waals surface area contributed by atoms with E-state index >= 15 is 0 Å². The van der Waals surface area contributed by atoms with Crippen molar-refractivity contribution in [1.29, 1.82) is 0 Å². The van der Waals surface area contributed by atoms with E-state index in [9.17, 15) is 9.90 Å². The standard InChI is InChI=1S/C23H34N2O3/c1-15-20(16(2)26)8-5-9-21(15)28-14-17-10-12-18(13-11-17)22(24)23(27)25(3)19-6-4-7-19/h5,8-9,17-19,22,26H,2,4,6-7,10-14,24H2,1,3H3/t17?,18?,22-/m0/s1. The largest absolute Gasteiger partial charge is 0.508 e. The van der Waals surface area contributed by atoms with Gasteiger partial charge in [-0.15, -0.1) is 0 Å². The number of rotatable bonds is 7. The second-order valence-corrected chi connectivity index (χ2v) is 8.53. The lowest BCUT2D eigenvalue weighted by molar-refractivity contribution is -0.136. The molecule has 1 aromatic rings. The molecular formula is C23H34N2O3. The minimum absolute atomic E-state index is 0.0639. The van der Waals surface area contributed by atoms with Gasteiger partial charge in [-0.2, -0.15) is 0 Å². The van der Waals surface area contributed by atoms with E-state index in [0.717, 1.165) is 55.4 Å². The molecular weight excluding hydrogens is 352 g/mol. The average molecular weight is 387 g/mol. The van der Waals surface area contributed by atoms with Gasteiger partial charge in [0.2, 0.25) is 5.91 Å². The summed E-state index contributed by atoms with van der Waals surface area (Å²) in [5.41, 5.74) is 7.97. The Morgan fingerprint density at radius 3 is 2.54 bits per heavy atom. The van der Waals surface area contributed by atoms with Crippen LogP contribution >= 0.6 is 0 Å². The van der Waals surface area contributed by atoms with Crippen LogP contribution in [-0.4, -0.2) is 41.7 Å². The zero-order valence-corrected chi connectivity index (χ0v) is 17.2. The molecule has 0 aliphatic heterocycles. The van der Waals surface area contributed by atoms with Gasteiger partial charge in [0, 0.05) is 24.2 Å². The maximum Gasteiger partial charge on any atom is 0.239 e.